The van der Waals surface area contributed by atoms with Gasteiger partial charge in [-0.05, 0) is 25.3 Å². The Bertz CT molecular complexity index is 915. The number of furan rings is 1. The van der Waals surface area contributed by atoms with Crippen LogP contribution in [-0.2, 0) is 25.8 Å². The fourth-order valence-corrected chi connectivity index (χ4v) is 3.84. The van der Waals surface area contributed by atoms with Gasteiger partial charge in [-0.25, -0.2) is 4.98 Å². The minimum Gasteiger partial charge on any atom is -0.460 e. The van der Waals surface area contributed by atoms with Crippen LogP contribution in [0.15, 0.2) is 34.9 Å². The lowest BCUT2D eigenvalue weighted by Crippen LogP contribution is -2.26. The first kappa shape index (κ1) is 17.8. The maximum absolute atomic E-state index is 12.9. The van der Waals surface area contributed by atoms with Crippen LogP contribution in [0.4, 0.5) is 0 Å². The van der Waals surface area contributed by atoms with Crippen LogP contribution >= 0.6 is 0 Å². The zero-order valence-electron chi connectivity index (χ0n) is 16.0. The molecular formula is C22H27N3O2. The Morgan fingerprint density at radius 3 is 3.00 bits per heavy atom. The molecule has 2 aromatic heterocycles. The molecule has 0 aliphatic carbocycles. The molecule has 1 aromatic carbocycles. The monoisotopic (exact) mass is 365 g/mol. The van der Waals surface area contributed by atoms with Gasteiger partial charge >= 0.3 is 0 Å². The van der Waals surface area contributed by atoms with Crippen molar-refractivity contribution in [3.63, 3.8) is 0 Å². The molecule has 0 saturated heterocycles. The van der Waals surface area contributed by atoms with Crippen molar-refractivity contribution in [2.45, 2.75) is 58.4 Å². The van der Waals surface area contributed by atoms with Crippen LogP contribution in [0.2, 0.25) is 0 Å². The molecule has 0 atom stereocenters. The summed E-state index contributed by atoms with van der Waals surface area (Å²) < 4.78 is 8.22. The van der Waals surface area contributed by atoms with Gasteiger partial charge in [-0.3, -0.25) is 4.79 Å². The third-order valence-electron chi connectivity index (χ3n) is 5.28. The SMILES string of the molecule is CCCCc1oc2ccccc2c1C(=O)NCCc1cn2c(n1)CCCC2. The Labute approximate surface area is 159 Å². The van der Waals surface area contributed by atoms with Crippen molar-refractivity contribution in [2.75, 3.05) is 6.54 Å². The van der Waals surface area contributed by atoms with Crippen molar-refractivity contribution >= 4 is 16.9 Å². The van der Waals surface area contributed by atoms with E-state index in [0.717, 1.165) is 61.1 Å². The fraction of sp³-hybridized carbons (Fsp3) is 0.455. The van der Waals surface area contributed by atoms with E-state index in [0.29, 0.717) is 12.1 Å². The second kappa shape index (κ2) is 7.99. The normalized spacial score (nSPS) is 13.7. The molecule has 0 unspecified atom stereocenters. The van der Waals surface area contributed by atoms with Gasteiger partial charge in [0.2, 0.25) is 0 Å². The van der Waals surface area contributed by atoms with Gasteiger partial charge in [0.1, 0.15) is 17.2 Å². The van der Waals surface area contributed by atoms with Crippen LogP contribution in [-0.4, -0.2) is 22.0 Å². The topological polar surface area (TPSA) is 60.1 Å². The van der Waals surface area contributed by atoms with Crippen molar-refractivity contribution in [3.05, 3.63) is 53.3 Å². The van der Waals surface area contributed by atoms with Crippen molar-refractivity contribution in [1.29, 1.82) is 0 Å². The molecule has 1 aliphatic heterocycles. The molecule has 0 saturated carbocycles. The van der Waals surface area contributed by atoms with Gasteiger partial charge in [-0.2, -0.15) is 0 Å². The highest BCUT2D eigenvalue weighted by molar-refractivity contribution is 6.07. The summed E-state index contributed by atoms with van der Waals surface area (Å²) in [6.07, 6.45) is 9.29. The summed E-state index contributed by atoms with van der Waals surface area (Å²) in [5, 5.41) is 3.98. The van der Waals surface area contributed by atoms with Gasteiger partial charge in [-0.15, -0.1) is 0 Å². The number of amides is 1. The first-order valence-corrected chi connectivity index (χ1v) is 10.1. The van der Waals surface area contributed by atoms with Crippen molar-refractivity contribution < 1.29 is 9.21 Å². The number of carbonyl (C=O) groups is 1. The summed E-state index contributed by atoms with van der Waals surface area (Å²) >= 11 is 0. The Morgan fingerprint density at radius 2 is 2.15 bits per heavy atom. The molecule has 5 heteroatoms. The molecule has 0 radical (unpaired) electrons. The highest BCUT2D eigenvalue weighted by Crippen LogP contribution is 2.27. The quantitative estimate of drug-likeness (QED) is 0.680. The highest BCUT2D eigenvalue weighted by Gasteiger charge is 2.20. The second-order valence-corrected chi connectivity index (χ2v) is 7.30. The van der Waals surface area contributed by atoms with E-state index in [-0.39, 0.29) is 5.91 Å². The van der Waals surface area contributed by atoms with E-state index < -0.39 is 0 Å². The molecule has 0 bridgehead atoms. The minimum absolute atomic E-state index is 0.0463. The van der Waals surface area contributed by atoms with E-state index >= 15 is 0 Å². The van der Waals surface area contributed by atoms with Crippen molar-refractivity contribution in [3.8, 4) is 0 Å². The van der Waals surface area contributed by atoms with E-state index in [1.807, 2.05) is 24.3 Å². The van der Waals surface area contributed by atoms with Crippen LogP contribution < -0.4 is 5.32 Å². The molecule has 3 heterocycles. The number of rotatable bonds is 7. The number of unbranched alkanes of at least 4 members (excludes halogenated alkanes) is 1. The number of hydrogen-bond donors (Lipinski definition) is 1. The number of carbonyl (C=O) groups excluding carboxylic acids is 1. The van der Waals surface area contributed by atoms with Crippen LogP contribution in [0, 0.1) is 0 Å². The van der Waals surface area contributed by atoms with Gasteiger partial charge < -0.3 is 14.3 Å². The number of aryl methyl sites for hydroxylation is 3. The van der Waals surface area contributed by atoms with Crippen LogP contribution in [0.25, 0.3) is 11.0 Å². The van der Waals surface area contributed by atoms with Gasteiger partial charge in [0.25, 0.3) is 5.91 Å². The first-order chi connectivity index (χ1) is 13.3. The Morgan fingerprint density at radius 1 is 1.26 bits per heavy atom. The predicted molar refractivity (Wildman–Crippen MR) is 106 cm³/mol. The average molecular weight is 365 g/mol. The van der Waals surface area contributed by atoms with Gasteiger partial charge in [-0.1, -0.05) is 31.5 Å². The molecule has 5 nitrogen and oxygen atoms in total. The van der Waals surface area contributed by atoms with E-state index in [1.165, 1.54) is 18.7 Å². The average Bonchev–Trinajstić information content (AvgIpc) is 3.26. The van der Waals surface area contributed by atoms with Gasteiger partial charge in [0, 0.05) is 43.9 Å². The van der Waals surface area contributed by atoms with Gasteiger partial charge in [0.05, 0.1) is 11.3 Å². The molecular weight excluding hydrogens is 338 g/mol. The number of benzene rings is 1. The third-order valence-corrected chi connectivity index (χ3v) is 5.28. The summed E-state index contributed by atoms with van der Waals surface area (Å²) in [6.45, 7) is 3.80. The minimum atomic E-state index is -0.0463. The van der Waals surface area contributed by atoms with E-state index in [9.17, 15) is 4.79 Å². The molecule has 3 aromatic rings. The molecule has 0 fully saturated rings. The summed E-state index contributed by atoms with van der Waals surface area (Å²) in [7, 11) is 0. The van der Waals surface area contributed by atoms with E-state index in [1.54, 1.807) is 0 Å². The molecule has 1 N–H and O–H groups in total. The van der Waals surface area contributed by atoms with Crippen LogP contribution in [0.3, 0.4) is 0 Å². The van der Waals surface area contributed by atoms with Crippen molar-refractivity contribution in [1.82, 2.24) is 14.9 Å². The van der Waals surface area contributed by atoms with Crippen LogP contribution in [0.5, 0.6) is 0 Å². The first-order valence-electron chi connectivity index (χ1n) is 10.1. The number of imidazole rings is 1. The smallest absolute Gasteiger partial charge is 0.255 e. The number of fused-ring (bicyclic) bond motifs is 2. The number of nitrogens with one attached hydrogen (secondary N) is 1. The number of hydrogen-bond acceptors (Lipinski definition) is 3. The molecule has 0 spiro atoms. The molecule has 1 aliphatic rings. The lowest BCUT2D eigenvalue weighted by Gasteiger charge is -2.11. The van der Waals surface area contributed by atoms with Gasteiger partial charge in [0.15, 0.2) is 0 Å². The zero-order valence-corrected chi connectivity index (χ0v) is 16.0. The molecule has 1 amide bonds. The number of para-hydroxylation sites is 1. The predicted octanol–water partition coefficient (Wildman–Crippen LogP) is 4.28. The molecule has 27 heavy (non-hydrogen) atoms. The lowest BCUT2D eigenvalue weighted by molar-refractivity contribution is 0.0953. The summed E-state index contributed by atoms with van der Waals surface area (Å²) in [4.78, 5) is 17.6. The second-order valence-electron chi connectivity index (χ2n) is 7.30. The van der Waals surface area contributed by atoms with E-state index in [2.05, 4.69) is 23.0 Å². The van der Waals surface area contributed by atoms with Crippen molar-refractivity contribution in [2.24, 2.45) is 0 Å². The standard InChI is InChI=1S/C22H27N3O2/c1-2-3-9-19-21(17-8-4-5-10-18(17)27-19)22(26)23-13-12-16-15-25-14-7-6-11-20(25)24-16/h4-5,8,10,15H,2-3,6-7,9,11-14H2,1H3,(H,23,26). The largest absolute Gasteiger partial charge is 0.460 e. The van der Waals surface area contributed by atoms with E-state index in [4.69, 9.17) is 9.40 Å². The maximum Gasteiger partial charge on any atom is 0.255 e. The molecule has 4 rings (SSSR count). The third kappa shape index (κ3) is 3.77. The summed E-state index contributed by atoms with van der Waals surface area (Å²) in [5.74, 6) is 1.94. The molecule has 142 valence electrons. The summed E-state index contributed by atoms with van der Waals surface area (Å²) in [5.41, 5.74) is 2.55. The fourth-order valence-electron chi connectivity index (χ4n) is 3.84. The van der Waals surface area contributed by atoms with Crippen LogP contribution in [0.1, 0.15) is 60.2 Å². The number of nitrogens with zero attached hydrogens (tertiary/aromatic N) is 2. The lowest BCUT2D eigenvalue weighted by atomic mass is 10.1. The highest BCUT2D eigenvalue weighted by atomic mass is 16.3. The zero-order chi connectivity index (χ0) is 18.6. The summed E-state index contributed by atoms with van der Waals surface area (Å²) in [6, 6.07) is 7.79. The Kier molecular flexibility index (Phi) is 5.28. The number of aromatic nitrogens is 2. The Balaban J connectivity index is 1.45. The maximum atomic E-state index is 12.9. The Hall–Kier alpha value is -2.56.